The average molecular weight is 390 g/mol. The lowest BCUT2D eigenvalue weighted by molar-refractivity contribution is 0.0948. The molecule has 28 heavy (non-hydrogen) atoms. The van der Waals surface area contributed by atoms with Crippen LogP contribution >= 0.6 is 0 Å². The smallest absolute Gasteiger partial charge is 0.271 e. The number of aromatic nitrogens is 2. The van der Waals surface area contributed by atoms with Gasteiger partial charge in [0.05, 0.1) is 5.69 Å². The minimum absolute atomic E-state index is 0.0235. The molecule has 0 spiro atoms. The zero-order chi connectivity index (χ0) is 20.1. The molecular formula is C19H14F4N4O. The van der Waals surface area contributed by atoms with Gasteiger partial charge in [0, 0.05) is 6.54 Å². The molecule has 0 bridgehead atoms. The van der Waals surface area contributed by atoms with Gasteiger partial charge < -0.3 is 10.6 Å². The fourth-order valence-corrected chi connectivity index (χ4v) is 2.34. The second-order valence-corrected chi connectivity index (χ2v) is 5.78. The van der Waals surface area contributed by atoms with E-state index >= 15 is 0 Å². The number of hydrogen-bond donors (Lipinski definition) is 2. The maximum absolute atomic E-state index is 13.6. The molecule has 3 aromatic rings. The highest BCUT2D eigenvalue weighted by Crippen LogP contribution is 2.22. The number of benzene rings is 2. The van der Waals surface area contributed by atoms with Crippen molar-refractivity contribution in [1.82, 2.24) is 15.5 Å². The van der Waals surface area contributed by atoms with E-state index in [1.165, 1.54) is 24.3 Å². The van der Waals surface area contributed by atoms with Crippen molar-refractivity contribution in [2.75, 3.05) is 11.9 Å². The normalized spacial score (nSPS) is 10.6. The van der Waals surface area contributed by atoms with Crippen LogP contribution in [0.2, 0.25) is 0 Å². The molecule has 0 aliphatic rings. The number of carbonyl (C=O) groups is 1. The molecule has 0 fully saturated rings. The van der Waals surface area contributed by atoms with Crippen molar-refractivity contribution in [3.8, 4) is 0 Å². The number of nitrogens with zero attached hydrogens (tertiary/aromatic N) is 2. The van der Waals surface area contributed by atoms with Gasteiger partial charge >= 0.3 is 0 Å². The highest BCUT2D eigenvalue weighted by Gasteiger charge is 2.14. The summed E-state index contributed by atoms with van der Waals surface area (Å²) in [6.07, 6.45) is 0.508. The SMILES string of the molecule is O=C(NCCc1ccc(F)cc1)c1ccc(Nc2ccc(F)c(F)c2F)nn1. The third kappa shape index (κ3) is 4.61. The first kappa shape index (κ1) is 19.3. The first-order valence-electron chi connectivity index (χ1n) is 8.21. The quantitative estimate of drug-likeness (QED) is 0.497. The van der Waals surface area contributed by atoms with Crippen molar-refractivity contribution in [1.29, 1.82) is 0 Å². The van der Waals surface area contributed by atoms with E-state index in [4.69, 9.17) is 0 Å². The van der Waals surface area contributed by atoms with Gasteiger partial charge in [-0.15, -0.1) is 10.2 Å². The third-order valence-corrected chi connectivity index (χ3v) is 3.81. The molecule has 9 heteroatoms. The molecule has 0 saturated carbocycles. The molecule has 5 nitrogen and oxygen atoms in total. The summed E-state index contributed by atoms with van der Waals surface area (Å²) < 4.78 is 52.7. The van der Waals surface area contributed by atoms with Gasteiger partial charge in [-0.3, -0.25) is 4.79 Å². The number of anilines is 2. The third-order valence-electron chi connectivity index (χ3n) is 3.81. The van der Waals surface area contributed by atoms with Crippen molar-refractivity contribution in [3.63, 3.8) is 0 Å². The maximum atomic E-state index is 13.6. The Hall–Kier alpha value is -3.49. The van der Waals surface area contributed by atoms with Gasteiger partial charge in [0.15, 0.2) is 29.0 Å². The lowest BCUT2D eigenvalue weighted by Gasteiger charge is -2.08. The van der Waals surface area contributed by atoms with Crippen LogP contribution in [0.1, 0.15) is 16.1 Å². The zero-order valence-corrected chi connectivity index (χ0v) is 14.3. The maximum Gasteiger partial charge on any atom is 0.271 e. The minimum Gasteiger partial charge on any atom is -0.350 e. The summed E-state index contributed by atoms with van der Waals surface area (Å²) in [6.45, 7) is 0.312. The van der Waals surface area contributed by atoms with Gasteiger partial charge in [-0.05, 0) is 48.4 Å². The standard InChI is InChI=1S/C19H14F4N4O/c20-12-3-1-11(2-4-12)9-10-24-19(28)15-7-8-16(27-26-15)25-14-6-5-13(21)17(22)18(14)23/h1-8H,9-10H2,(H,24,28)(H,25,27). The first-order chi connectivity index (χ1) is 13.4. The van der Waals surface area contributed by atoms with Crippen molar-refractivity contribution >= 4 is 17.4 Å². The van der Waals surface area contributed by atoms with Crippen molar-refractivity contribution in [2.45, 2.75) is 6.42 Å². The molecule has 0 unspecified atom stereocenters. The molecule has 0 saturated heterocycles. The topological polar surface area (TPSA) is 66.9 Å². The van der Waals surface area contributed by atoms with Crippen LogP contribution in [0.5, 0.6) is 0 Å². The Labute approximate surface area is 157 Å². The number of nitrogens with one attached hydrogen (secondary N) is 2. The summed E-state index contributed by atoms with van der Waals surface area (Å²) in [5.74, 6) is -5.05. The summed E-state index contributed by atoms with van der Waals surface area (Å²) in [5, 5.41) is 12.5. The zero-order valence-electron chi connectivity index (χ0n) is 14.3. The van der Waals surface area contributed by atoms with E-state index in [-0.39, 0.29) is 23.0 Å². The van der Waals surface area contributed by atoms with E-state index in [1.54, 1.807) is 12.1 Å². The molecule has 0 aliphatic carbocycles. The van der Waals surface area contributed by atoms with Crippen LogP contribution in [0.4, 0.5) is 29.1 Å². The van der Waals surface area contributed by atoms with Crippen LogP contribution in [0.25, 0.3) is 0 Å². The molecule has 0 radical (unpaired) electrons. The Morgan fingerprint density at radius 1 is 0.857 bits per heavy atom. The fraction of sp³-hybridized carbons (Fsp3) is 0.105. The first-order valence-corrected chi connectivity index (χ1v) is 8.21. The molecule has 1 aromatic heterocycles. The van der Waals surface area contributed by atoms with Crippen LogP contribution in [-0.2, 0) is 6.42 Å². The number of amides is 1. The van der Waals surface area contributed by atoms with Crippen LogP contribution in [0.3, 0.4) is 0 Å². The second kappa shape index (κ2) is 8.47. The number of hydrogen-bond acceptors (Lipinski definition) is 4. The van der Waals surface area contributed by atoms with E-state index in [0.29, 0.717) is 13.0 Å². The molecule has 144 valence electrons. The molecular weight excluding hydrogens is 376 g/mol. The number of rotatable bonds is 6. The van der Waals surface area contributed by atoms with E-state index in [1.807, 2.05) is 0 Å². The van der Waals surface area contributed by atoms with Crippen LogP contribution in [0, 0.1) is 23.3 Å². The van der Waals surface area contributed by atoms with E-state index in [9.17, 15) is 22.4 Å². The Kier molecular flexibility index (Phi) is 5.83. The molecule has 1 heterocycles. The van der Waals surface area contributed by atoms with Crippen molar-refractivity contribution < 1.29 is 22.4 Å². The predicted molar refractivity (Wildman–Crippen MR) is 94.1 cm³/mol. The largest absolute Gasteiger partial charge is 0.350 e. The molecule has 0 atom stereocenters. The minimum atomic E-state index is -1.60. The molecule has 1 amide bonds. The summed E-state index contributed by atoms with van der Waals surface area (Å²) >= 11 is 0. The van der Waals surface area contributed by atoms with Gasteiger partial charge in [0.25, 0.3) is 5.91 Å². The van der Waals surface area contributed by atoms with E-state index in [2.05, 4.69) is 20.8 Å². The summed E-state index contributed by atoms with van der Waals surface area (Å²) in [4.78, 5) is 12.0. The van der Waals surface area contributed by atoms with Gasteiger partial charge in [0.1, 0.15) is 5.82 Å². The average Bonchev–Trinajstić information content (AvgIpc) is 2.70. The summed E-state index contributed by atoms with van der Waals surface area (Å²) in [6, 6.07) is 10.4. The number of carbonyl (C=O) groups excluding carboxylic acids is 1. The second-order valence-electron chi connectivity index (χ2n) is 5.78. The number of halogens is 4. The Morgan fingerprint density at radius 2 is 1.61 bits per heavy atom. The predicted octanol–water partition coefficient (Wildman–Crippen LogP) is 3.75. The van der Waals surface area contributed by atoms with Crippen LogP contribution < -0.4 is 10.6 Å². The van der Waals surface area contributed by atoms with E-state index in [0.717, 1.165) is 17.7 Å². The highest BCUT2D eigenvalue weighted by atomic mass is 19.2. The Bertz CT molecular complexity index is 978. The highest BCUT2D eigenvalue weighted by molar-refractivity contribution is 5.92. The van der Waals surface area contributed by atoms with Crippen molar-refractivity contribution in [3.05, 3.63) is 83.1 Å². The Balaban J connectivity index is 1.57. The Morgan fingerprint density at radius 3 is 2.29 bits per heavy atom. The molecule has 0 aliphatic heterocycles. The van der Waals surface area contributed by atoms with Gasteiger partial charge in [0.2, 0.25) is 0 Å². The van der Waals surface area contributed by atoms with Gasteiger partial charge in [-0.1, -0.05) is 12.1 Å². The lowest BCUT2D eigenvalue weighted by Crippen LogP contribution is -2.26. The van der Waals surface area contributed by atoms with Gasteiger partial charge in [-0.25, -0.2) is 17.6 Å². The molecule has 2 aromatic carbocycles. The lowest BCUT2D eigenvalue weighted by atomic mass is 10.1. The van der Waals surface area contributed by atoms with Crippen LogP contribution in [-0.4, -0.2) is 22.6 Å². The monoisotopic (exact) mass is 390 g/mol. The fourth-order valence-electron chi connectivity index (χ4n) is 2.34. The molecule has 2 N–H and O–H groups in total. The van der Waals surface area contributed by atoms with Crippen LogP contribution in [0.15, 0.2) is 48.5 Å². The van der Waals surface area contributed by atoms with Crippen molar-refractivity contribution in [2.24, 2.45) is 0 Å². The summed E-state index contributed by atoms with van der Waals surface area (Å²) in [5.41, 5.74) is 0.570. The van der Waals surface area contributed by atoms with Gasteiger partial charge in [-0.2, -0.15) is 0 Å². The van der Waals surface area contributed by atoms with E-state index < -0.39 is 23.4 Å². The molecule has 3 rings (SSSR count). The summed E-state index contributed by atoms with van der Waals surface area (Å²) in [7, 11) is 0.